The molecule has 0 heterocycles. The monoisotopic (exact) mass is 410 g/mol. The van der Waals surface area contributed by atoms with Crippen molar-refractivity contribution in [1.82, 2.24) is 0 Å². The number of ketones is 1. The number of allylic oxidation sites excluding steroid dienone is 3. The predicted octanol–water partition coefficient (Wildman–Crippen LogP) is 6.03. The minimum Gasteiger partial charge on any atom is -0.462 e. The Kier molecular flexibility index (Phi) is 4.66. The average molecular weight is 411 g/mol. The van der Waals surface area contributed by atoms with Gasteiger partial charge in [0, 0.05) is 18.8 Å². The molecule has 0 aromatic carbocycles. The van der Waals surface area contributed by atoms with Gasteiger partial charge >= 0.3 is 5.97 Å². The standard InChI is InChI=1S/C27H38O3/c1-17(28)27-12-6-5-7-20(27)16-24-22-9-8-19-15-21(30-18(2)29)10-13-25(19,3)23(22)11-14-26(24,27)4/h5-6,8,20-24H,7,9-16H2,1-4H3/t20-,21+,22+,23-,24-,25-,26-,27-/m0/s1. The summed E-state index contributed by atoms with van der Waals surface area (Å²) in [5.41, 5.74) is 1.81. The second-order valence-electron chi connectivity index (χ2n) is 11.6. The second kappa shape index (κ2) is 6.81. The fourth-order valence-electron chi connectivity index (χ4n) is 9.31. The molecule has 0 spiro atoms. The van der Waals surface area contributed by atoms with Crippen LogP contribution in [0.1, 0.15) is 85.5 Å². The van der Waals surface area contributed by atoms with Crippen LogP contribution in [-0.4, -0.2) is 17.9 Å². The zero-order chi connectivity index (χ0) is 21.3. The van der Waals surface area contributed by atoms with Crippen molar-refractivity contribution in [3.8, 4) is 0 Å². The molecule has 3 nitrogen and oxygen atoms in total. The fraction of sp³-hybridized carbons (Fsp3) is 0.778. The summed E-state index contributed by atoms with van der Waals surface area (Å²) in [6.45, 7) is 8.38. The van der Waals surface area contributed by atoms with Gasteiger partial charge in [-0.1, -0.05) is 37.6 Å². The van der Waals surface area contributed by atoms with Gasteiger partial charge < -0.3 is 4.74 Å². The molecule has 0 bridgehead atoms. The summed E-state index contributed by atoms with van der Waals surface area (Å²) in [6.07, 6.45) is 17.1. The van der Waals surface area contributed by atoms with E-state index in [1.54, 1.807) is 5.57 Å². The summed E-state index contributed by atoms with van der Waals surface area (Å²) < 4.78 is 5.59. The van der Waals surface area contributed by atoms with Gasteiger partial charge in [0.1, 0.15) is 11.9 Å². The first-order chi connectivity index (χ1) is 14.2. The zero-order valence-electron chi connectivity index (χ0n) is 19.2. The molecule has 0 aliphatic heterocycles. The quantitative estimate of drug-likeness (QED) is 0.412. The number of hydrogen-bond acceptors (Lipinski definition) is 3. The van der Waals surface area contributed by atoms with Crippen LogP contribution in [0.15, 0.2) is 23.8 Å². The van der Waals surface area contributed by atoms with Crippen LogP contribution in [0.3, 0.4) is 0 Å². The van der Waals surface area contributed by atoms with Gasteiger partial charge in [-0.05, 0) is 92.8 Å². The lowest BCUT2D eigenvalue weighted by molar-refractivity contribution is -0.150. The molecule has 0 radical (unpaired) electrons. The molecule has 3 heteroatoms. The summed E-state index contributed by atoms with van der Waals surface area (Å²) >= 11 is 0. The lowest BCUT2D eigenvalue weighted by Crippen LogP contribution is -2.55. The molecule has 5 aliphatic carbocycles. The largest absolute Gasteiger partial charge is 0.462 e. The maximum atomic E-state index is 13.2. The van der Waals surface area contributed by atoms with Gasteiger partial charge in [-0.2, -0.15) is 0 Å². The van der Waals surface area contributed by atoms with Crippen LogP contribution in [0, 0.1) is 39.9 Å². The molecule has 30 heavy (non-hydrogen) atoms. The number of carbonyl (C=O) groups is 2. The van der Waals surface area contributed by atoms with E-state index >= 15 is 0 Å². The highest BCUT2D eigenvalue weighted by atomic mass is 16.5. The van der Waals surface area contributed by atoms with Gasteiger partial charge in [0.25, 0.3) is 0 Å². The van der Waals surface area contributed by atoms with Crippen LogP contribution >= 0.6 is 0 Å². The third kappa shape index (κ3) is 2.56. The van der Waals surface area contributed by atoms with Gasteiger partial charge in [-0.25, -0.2) is 0 Å². The first kappa shape index (κ1) is 20.5. The van der Waals surface area contributed by atoms with Gasteiger partial charge in [0.2, 0.25) is 0 Å². The summed E-state index contributed by atoms with van der Waals surface area (Å²) in [5, 5.41) is 0. The van der Waals surface area contributed by atoms with E-state index in [9.17, 15) is 9.59 Å². The maximum absolute atomic E-state index is 13.2. The number of Topliss-reactive ketones (excluding diaryl/α,β-unsaturated/α-hetero) is 1. The van der Waals surface area contributed by atoms with Crippen LogP contribution in [0.5, 0.6) is 0 Å². The second-order valence-corrected chi connectivity index (χ2v) is 11.6. The number of rotatable bonds is 2. The number of carbonyl (C=O) groups excluding carboxylic acids is 2. The third-order valence-corrected chi connectivity index (χ3v) is 10.7. The predicted molar refractivity (Wildman–Crippen MR) is 118 cm³/mol. The number of fused-ring (bicyclic) bond motifs is 7. The van der Waals surface area contributed by atoms with Crippen molar-refractivity contribution in [2.24, 2.45) is 39.9 Å². The van der Waals surface area contributed by atoms with Gasteiger partial charge in [-0.15, -0.1) is 0 Å². The molecule has 0 amide bonds. The Morgan fingerprint density at radius 2 is 1.83 bits per heavy atom. The summed E-state index contributed by atoms with van der Waals surface area (Å²) in [6, 6.07) is 0. The highest BCUT2D eigenvalue weighted by Crippen LogP contribution is 2.73. The number of esters is 1. The molecule has 0 aromatic rings. The average Bonchev–Trinajstić information content (AvgIpc) is 2.98. The Labute approximate surface area is 181 Å². The highest BCUT2D eigenvalue weighted by Gasteiger charge is 2.68. The van der Waals surface area contributed by atoms with E-state index in [1.807, 2.05) is 6.92 Å². The molecular weight excluding hydrogens is 372 g/mol. The van der Waals surface area contributed by atoms with E-state index in [4.69, 9.17) is 4.74 Å². The molecule has 5 rings (SSSR count). The number of hydrogen-bond donors (Lipinski definition) is 0. The van der Waals surface area contributed by atoms with Crippen molar-refractivity contribution in [2.45, 2.75) is 91.6 Å². The molecule has 8 atom stereocenters. The van der Waals surface area contributed by atoms with E-state index in [0.717, 1.165) is 38.5 Å². The lowest BCUT2D eigenvalue weighted by Gasteiger charge is -2.60. The molecular formula is C27H38O3. The van der Waals surface area contributed by atoms with E-state index in [1.165, 1.54) is 26.2 Å². The van der Waals surface area contributed by atoms with Crippen LogP contribution in [0.4, 0.5) is 0 Å². The van der Waals surface area contributed by atoms with Crippen LogP contribution in [-0.2, 0) is 14.3 Å². The molecule has 3 saturated carbocycles. The van der Waals surface area contributed by atoms with Crippen molar-refractivity contribution < 1.29 is 14.3 Å². The van der Waals surface area contributed by atoms with Crippen molar-refractivity contribution >= 4 is 11.8 Å². The van der Waals surface area contributed by atoms with Crippen molar-refractivity contribution in [1.29, 1.82) is 0 Å². The van der Waals surface area contributed by atoms with Crippen LogP contribution < -0.4 is 0 Å². The SMILES string of the molecule is CC(=O)O[C@@H]1CC[C@@]2(C)C(=CC[C@@H]3[C@@H]2CC[C@@]2(C)[C@H]3C[C@@H]3CC=CC[C@]32C(C)=O)C1. The minimum atomic E-state index is -0.150. The summed E-state index contributed by atoms with van der Waals surface area (Å²) in [5.74, 6) is 2.90. The molecule has 0 saturated heterocycles. The molecule has 164 valence electrons. The normalized spacial score (nSPS) is 49.2. The minimum absolute atomic E-state index is 0.0636. The van der Waals surface area contributed by atoms with Crippen molar-refractivity contribution in [2.75, 3.05) is 0 Å². The first-order valence-electron chi connectivity index (χ1n) is 12.2. The van der Waals surface area contributed by atoms with Gasteiger partial charge in [0.15, 0.2) is 0 Å². The Morgan fingerprint density at radius 3 is 2.57 bits per heavy atom. The van der Waals surface area contributed by atoms with E-state index in [0.29, 0.717) is 29.5 Å². The Hall–Kier alpha value is -1.38. The number of ether oxygens (including phenoxy) is 1. The fourth-order valence-corrected chi connectivity index (χ4v) is 9.31. The van der Waals surface area contributed by atoms with E-state index < -0.39 is 0 Å². The smallest absolute Gasteiger partial charge is 0.302 e. The Morgan fingerprint density at radius 1 is 1.03 bits per heavy atom. The lowest BCUT2D eigenvalue weighted by atomic mass is 9.44. The summed E-state index contributed by atoms with van der Waals surface area (Å²) in [7, 11) is 0. The molecule has 0 aromatic heterocycles. The molecule has 5 aliphatic rings. The molecule has 0 unspecified atom stereocenters. The first-order valence-corrected chi connectivity index (χ1v) is 12.2. The van der Waals surface area contributed by atoms with Gasteiger partial charge in [-0.3, -0.25) is 9.59 Å². The van der Waals surface area contributed by atoms with Crippen LogP contribution in [0.2, 0.25) is 0 Å². The summed E-state index contributed by atoms with van der Waals surface area (Å²) in [4.78, 5) is 24.6. The van der Waals surface area contributed by atoms with Crippen LogP contribution in [0.25, 0.3) is 0 Å². The zero-order valence-corrected chi connectivity index (χ0v) is 19.2. The third-order valence-electron chi connectivity index (χ3n) is 10.7. The van der Waals surface area contributed by atoms with E-state index in [2.05, 4.69) is 32.1 Å². The van der Waals surface area contributed by atoms with Gasteiger partial charge in [0.05, 0.1) is 0 Å². The Bertz CT molecular complexity index is 824. The molecule has 3 fully saturated rings. The van der Waals surface area contributed by atoms with Crippen molar-refractivity contribution in [3.63, 3.8) is 0 Å². The van der Waals surface area contributed by atoms with Crippen molar-refractivity contribution in [3.05, 3.63) is 23.8 Å². The van der Waals surface area contributed by atoms with E-state index in [-0.39, 0.29) is 28.3 Å². The molecule has 0 N–H and O–H groups in total. The maximum Gasteiger partial charge on any atom is 0.302 e. The topological polar surface area (TPSA) is 43.4 Å². The Balaban J connectivity index is 1.47. The highest BCUT2D eigenvalue weighted by molar-refractivity contribution is 5.85.